The Morgan fingerprint density at radius 3 is 2.82 bits per heavy atom. The number of hydrogen-bond donors (Lipinski definition) is 1. The van der Waals surface area contributed by atoms with Gasteiger partial charge >= 0.3 is 0 Å². The number of aryl methyl sites for hydroxylation is 1. The molecular formula is C13H16ClN3. The Bertz CT molecular complexity index is 505. The molecule has 1 aromatic carbocycles. The van der Waals surface area contributed by atoms with Crippen LogP contribution in [0.25, 0.3) is 11.3 Å². The quantitative estimate of drug-likeness (QED) is 0.903. The van der Waals surface area contributed by atoms with Crippen LogP contribution in [0, 0.1) is 0 Å². The lowest BCUT2D eigenvalue weighted by atomic mass is 10.0. The second-order valence-corrected chi connectivity index (χ2v) is 4.36. The lowest BCUT2D eigenvalue weighted by Crippen LogP contribution is -2.12. The molecule has 0 bridgehead atoms. The molecule has 1 N–H and O–H groups in total. The summed E-state index contributed by atoms with van der Waals surface area (Å²) in [5.74, 6) is 0. The summed E-state index contributed by atoms with van der Waals surface area (Å²) >= 11 is 6.07. The summed E-state index contributed by atoms with van der Waals surface area (Å²) in [5, 5.41) is 8.28. The van der Waals surface area contributed by atoms with Crippen molar-refractivity contribution in [3.8, 4) is 11.3 Å². The van der Waals surface area contributed by atoms with Crippen molar-refractivity contribution >= 4 is 11.6 Å². The Labute approximate surface area is 106 Å². The summed E-state index contributed by atoms with van der Waals surface area (Å²) in [6.07, 6.45) is 1.80. The number of nitrogens with zero attached hydrogens (tertiary/aromatic N) is 2. The molecule has 0 unspecified atom stereocenters. The summed E-state index contributed by atoms with van der Waals surface area (Å²) in [6, 6.07) is 7.98. The van der Waals surface area contributed by atoms with Crippen LogP contribution >= 0.6 is 11.6 Å². The van der Waals surface area contributed by atoms with Gasteiger partial charge in [-0.3, -0.25) is 4.68 Å². The lowest BCUT2D eigenvalue weighted by Gasteiger charge is -2.11. The van der Waals surface area contributed by atoms with Crippen molar-refractivity contribution in [3.63, 3.8) is 0 Å². The minimum absolute atomic E-state index is 0.751. The molecule has 1 heterocycles. The van der Waals surface area contributed by atoms with Gasteiger partial charge < -0.3 is 5.32 Å². The van der Waals surface area contributed by atoms with Gasteiger partial charge in [-0.15, -0.1) is 0 Å². The molecule has 4 heteroatoms. The monoisotopic (exact) mass is 249 g/mol. The van der Waals surface area contributed by atoms with Crippen LogP contribution in [0.15, 0.2) is 30.5 Å². The highest BCUT2D eigenvalue weighted by Crippen LogP contribution is 2.26. The molecule has 2 aromatic rings. The normalized spacial score (nSPS) is 10.8. The minimum Gasteiger partial charge on any atom is -0.313 e. The average Bonchev–Trinajstić information content (AvgIpc) is 2.74. The second-order valence-electron chi connectivity index (χ2n) is 3.92. The number of hydrogen-bond acceptors (Lipinski definition) is 2. The molecule has 0 spiro atoms. The van der Waals surface area contributed by atoms with E-state index in [0.29, 0.717) is 0 Å². The molecule has 0 saturated carbocycles. The number of halogens is 1. The van der Waals surface area contributed by atoms with Gasteiger partial charge in [0.1, 0.15) is 0 Å². The van der Waals surface area contributed by atoms with Crippen LogP contribution in [0.4, 0.5) is 0 Å². The fourth-order valence-electron chi connectivity index (χ4n) is 1.84. The largest absolute Gasteiger partial charge is 0.313 e. The van der Waals surface area contributed by atoms with Gasteiger partial charge in [-0.1, -0.05) is 24.6 Å². The third-order valence-corrected chi connectivity index (χ3v) is 2.97. The fraction of sp³-hybridized carbons (Fsp3) is 0.308. The zero-order chi connectivity index (χ0) is 12.3. The maximum Gasteiger partial charge on any atom is 0.0682 e. The van der Waals surface area contributed by atoms with Crippen LogP contribution in [0.3, 0.4) is 0 Å². The highest BCUT2D eigenvalue weighted by Gasteiger charge is 2.08. The molecule has 2 rings (SSSR count). The molecule has 3 nitrogen and oxygen atoms in total. The summed E-state index contributed by atoms with van der Waals surface area (Å²) in [4.78, 5) is 0. The molecule has 17 heavy (non-hydrogen) atoms. The van der Waals surface area contributed by atoms with Crippen LogP contribution in [-0.2, 0) is 13.6 Å². The topological polar surface area (TPSA) is 29.9 Å². The summed E-state index contributed by atoms with van der Waals surface area (Å²) in [5.41, 5.74) is 3.46. The van der Waals surface area contributed by atoms with Gasteiger partial charge in [0.05, 0.1) is 5.69 Å². The van der Waals surface area contributed by atoms with E-state index in [1.807, 2.05) is 29.9 Å². The molecule has 0 aliphatic carbocycles. The van der Waals surface area contributed by atoms with Crippen molar-refractivity contribution in [2.45, 2.75) is 13.5 Å². The van der Waals surface area contributed by atoms with Gasteiger partial charge in [-0.2, -0.15) is 5.10 Å². The van der Waals surface area contributed by atoms with E-state index in [1.165, 1.54) is 5.56 Å². The first kappa shape index (κ1) is 12.1. The summed E-state index contributed by atoms with van der Waals surface area (Å²) in [6.45, 7) is 3.89. The average molecular weight is 250 g/mol. The number of aromatic nitrogens is 2. The zero-order valence-electron chi connectivity index (χ0n) is 10.1. The first-order valence-corrected chi connectivity index (χ1v) is 6.07. The maximum absolute atomic E-state index is 6.07. The molecule has 0 aliphatic heterocycles. The first-order chi connectivity index (χ1) is 8.22. The fourth-order valence-corrected chi connectivity index (χ4v) is 2.01. The Morgan fingerprint density at radius 1 is 1.35 bits per heavy atom. The van der Waals surface area contributed by atoms with E-state index in [-0.39, 0.29) is 0 Å². The van der Waals surface area contributed by atoms with Crippen molar-refractivity contribution < 1.29 is 0 Å². The predicted molar refractivity (Wildman–Crippen MR) is 71.0 cm³/mol. The third kappa shape index (κ3) is 2.68. The summed E-state index contributed by atoms with van der Waals surface area (Å²) < 4.78 is 1.86. The minimum atomic E-state index is 0.751. The van der Waals surface area contributed by atoms with Crippen molar-refractivity contribution in [1.29, 1.82) is 0 Å². The highest BCUT2D eigenvalue weighted by molar-refractivity contribution is 6.30. The van der Waals surface area contributed by atoms with Gasteiger partial charge in [0.2, 0.25) is 0 Å². The third-order valence-electron chi connectivity index (χ3n) is 2.73. The van der Waals surface area contributed by atoms with Gasteiger partial charge in [-0.25, -0.2) is 0 Å². The van der Waals surface area contributed by atoms with Gasteiger partial charge in [0.25, 0.3) is 0 Å². The summed E-state index contributed by atoms with van der Waals surface area (Å²) in [7, 11) is 1.94. The van der Waals surface area contributed by atoms with E-state index in [2.05, 4.69) is 23.4 Å². The SMILES string of the molecule is CCNCc1ccc(Cl)cc1-c1ccnn1C. The lowest BCUT2D eigenvalue weighted by molar-refractivity contribution is 0.724. The van der Waals surface area contributed by atoms with Gasteiger partial charge in [0, 0.05) is 30.4 Å². The Hall–Kier alpha value is -1.32. The van der Waals surface area contributed by atoms with Gasteiger partial charge in [0.15, 0.2) is 0 Å². The van der Waals surface area contributed by atoms with E-state index in [0.717, 1.165) is 29.4 Å². The van der Waals surface area contributed by atoms with E-state index >= 15 is 0 Å². The molecule has 1 aromatic heterocycles. The Morgan fingerprint density at radius 2 is 2.18 bits per heavy atom. The molecule has 0 fully saturated rings. The molecule has 0 amide bonds. The van der Waals surface area contributed by atoms with Crippen molar-refractivity contribution in [2.75, 3.05) is 6.54 Å². The Balaban J connectivity index is 2.43. The van der Waals surface area contributed by atoms with Crippen LogP contribution in [0.1, 0.15) is 12.5 Å². The van der Waals surface area contributed by atoms with E-state index in [1.54, 1.807) is 6.20 Å². The predicted octanol–water partition coefficient (Wildman–Crippen LogP) is 2.85. The number of benzene rings is 1. The molecular weight excluding hydrogens is 234 g/mol. The standard InChI is InChI=1S/C13H16ClN3/c1-3-15-9-10-4-5-11(14)8-12(10)13-6-7-16-17(13)2/h4-8,15H,3,9H2,1-2H3. The highest BCUT2D eigenvalue weighted by atomic mass is 35.5. The van der Waals surface area contributed by atoms with Crippen LogP contribution in [-0.4, -0.2) is 16.3 Å². The van der Waals surface area contributed by atoms with Crippen molar-refractivity contribution in [3.05, 3.63) is 41.0 Å². The van der Waals surface area contributed by atoms with Crippen molar-refractivity contribution in [2.24, 2.45) is 7.05 Å². The number of rotatable bonds is 4. The zero-order valence-corrected chi connectivity index (χ0v) is 10.8. The second kappa shape index (κ2) is 5.34. The molecule has 0 aliphatic rings. The Kier molecular flexibility index (Phi) is 3.82. The molecule has 0 radical (unpaired) electrons. The van der Waals surface area contributed by atoms with Gasteiger partial charge in [-0.05, 0) is 30.3 Å². The van der Waals surface area contributed by atoms with E-state index in [9.17, 15) is 0 Å². The number of nitrogens with one attached hydrogen (secondary N) is 1. The van der Waals surface area contributed by atoms with E-state index < -0.39 is 0 Å². The maximum atomic E-state index is 6.07. The molecule has 90 valence electrons. The molecule has 0 atom stereocenters. The van der Waals surface area contributed by atoms with E-state index in [4.69, 9.17) is 11.6 Å². The smallest absolute Gasteiger partial charge is 0.0682 e. The van der Waals surface area contributed by atoms with Crippen molar-refractivity contribution in [1.82, 2.24) is 15.1 Å². The van der Waals surface area contributed by atoms with Crippen LogP contribution in [0.5, 0.6) is 0 Å². The van der Waals surface area contributed by atoms with Crippen LogP contribution in [0.2, 0.25) is 5.02 Å². The first-order valence-electron chi connectivity index (χ1n) is 5.70. The molecule has 0 saturated heterocycles. The van der Waals surface area contributed by atoms with Crippen LogP contribution < -0.4 is 5.32 Å².